The summed E-state index contributed by atoms with van der Waals surface area (Å²) < 4.78 is 2.03. The lowest BCUT2D eigenvalue weighted by molar-refractivity contribution is 0.491. The normalized spacial score (nSPS) is 20.8. The zero-order valence-corrected chi connectivity index (χ0v) is 9.77. The first kappa shape index (κ1) is 9.30. The fourth-order valence-electron chi connectivity index (χ4n) is 2.19. The average molecular weight is 222 g/mol. The highest BCUT2D eigenvalue weighted by atomic mass is 32.1. The van der Waals surface area contributed by atoms with Gasteiger partial charge in [0.05, 0.1) is 5.69 Å². The molecule has 4 nitrogen and oxygen atoms in total. The van der Waals surface area contributed by atoms with E-state index in [4.69, 9.17) is 0 Å². The molecule has 80 valence electrons. The molecule has 0 bridgehead atoms. The maximum absolute atomic E-state index is 4.44. The van der Waals surface area contributed by atoms with E-state index in [1.807, 2.05) is 11.4 Å². The Hall–Kier alpha value is -0.940. The number of aryl methyl sites for hydroxylation is 1. The van der Waals surface area contributed by atoms with Gasteiger partial charge in [0.1, 0.15) is 5.82 Å². The van der Waals surface area contributed by atoms with Crippen LogP contribution >= 0.6 is 11.3 Å². The lowest BCUT2D eigenvalue weighted by atomic mass is 10.1. The standard InChI is InChI=1S/C10H14N4S/c1-3-7-9-8(4-5-11-7)14-10(15-9)12-6(2)13-14/h7,11H,3-5H2,1-2H3. The van der Waals surface area contributed by atoms with Gasteiger partial charge in [-0.15, -0.1) is 0 Å². The molecule has 15 heavy (non-hydrogen) atoms. The molecule has 3 rings (SSSR count). The Morgan fingerprint density at radius 3 is 3.27 bits per heavy atom. The van der Waals surface area contributed by atoms with Crippen molar-refractivity contribution in [1.29, 1.82) is 0 Å². The quantitative estimate of drug-likeness (QED) is 0.798. The second-order valence-corrected chi connectivity index (χ2v) is 4.94. The number of hydrogen-bond donors (Lipinski definition) is 1. The summed E-state index contributed by atoms with van der Waals surface area (Å²) in [5.74, 6) is 0.871. The van der Waals surface area contributed by atoms with Crippen LogP contribution < -0.4 is 5.32 Å². The summed E-state index contributed by atoms with van der Waals surface area (Å²) in [7, 11) is 0. The minimum Gasteiger partial charge on any atom is -0.309 e. The van der Waals surface area contributed by atoms with E-state index in [1.54, 1.807) is 11.3 Å². The fourth-order valence-corrected chi connectivity index (χ4v) is 3.50. The van der Waals surface area contributed by atoms with Gasteiger partial charge in [-0.3, -0.25) is 0 Å². The van der Waals surface area contributed by atoms with Gasteiger partial charge in [-0.2, -0.15) is 5.10 Å². The maximum atomic E-state index is 4.44. The smallest absolute Gasteiger partial charge is 0.212 e. The predicted molar refractivity (Wildman–Crippen MR) is 60.3 cm³/mol. The van der Waals surface area contributed by atoms with Gasteiger partial charge in [0, 0.05) is 23.9 Å². The largest absolute Gasteiger partial charge is 0.309 e. The third-order valence-corrected chi connectivity index (χ3v) is 4.09. The van der Waals surface area contributed by atoms with Gasteiger partial charge in [0.15, 0.2) is 0 Å². The van der Waals surface area contributed by atoms with Crippen molar-refractivity contribution in [3.63, 3.8) is 0 Å². The Kier molecular flexibility index (Phi) is 2.03. The Morgan fingerprint density at radius 1 is 1.60 bits per heavy atom. The third kappa shape index (κ3) is 1.30. The summed E-state index contributed by atoms with van der Waals surface area (Å²) in [5.41, 5.74) is 1.36. The van der Waals surface area contributed by atoms with Crippen molar-refractivity contribution in [3.05, 3.63) is 16.4 Å². The topological polar surface area (TPSA) is 42.2 Å². The first-order chi connectivity index (χ1) is 7.29. The molecule has 3 heterocycles. The van der Waals surface area contributed by atoms with Crippen LogP contribution in [-0.2, 0) is 6.42 Å². The Labute approximate surface area is 92.3 Å². The monoisotopic (exact) mass is 222 g/mol. The highest BCUT2D eigenvalue weighted by Gasteiger charge is 2.24. The van der Waals surface area contributed by atoms with Crippen LogP contribution in [-0.4, -0.2) is 21.1 Å². The Balaban J connectivity index is 2.21. The van der Waals surface area contributed by atoms with Crippen molar-refractivity contribution in [2.75, 3.05) is 6.54 Å². The summed E-state index contributed by atoms with van der Waals surface area (Å²) >= 11 is 1.78. The molecule has 1 atom stereocenters. The Morgan fingerprint density at radius 2 is 2.47 bits per heavy atom. The van der Waals surface area contributed by atoms with Crippen molar-refractivity contribution in [1.82, 2.24) is 19.9 Å². The highest BCUT2D eigenvalue weighted by Crippen LogP contribution is 2.32. The number of hydrogen-bond acceptors (Lipinski definition) is 4. The van der Waals surface area contributed by atoms with Crippen LogP contribution in [0.15, 0.2) is 0 Å². The number of thiazole rings is 1. The van der Waals surface area contributed by atoms with Crippen molar-refractivity contribution in [2.45, 2.75) is 32.7 Å². The van der Waals surface area contributed by atoms with E-state index in [2.05, 4.69) is 22.3 Å². The van der Waals surface area contributed by atoms with Crippen LogP contribution in [0.4, 0.5) is 0 Å². The molecular formula is C10H14N4S. The second-order valence-electron chi connectivity index (χ2n) is 3.93. The highest BCUT2D eigenvalue weighted by molar-refractivity contribution is 7.17. The minimum absolute atomic E-state index is 0.502. The van der Waals surface area contributed by atoms with E-state index in [0.717, 1.165) is 30.2 Å². The Bertz CT molecular complexity index is 499. The number of aromatic nitrogens is 3. The van der Waals surface area contributed by atoms with Gasteiger partial charge >= 0.3 is 0 Å². The number of fused-ring (bicyclic) bond motifs is 3. The van der Waals surface area contributed by atoms with Gasteiger partial charge < -0.3 is 5.32 Å². The predicted octanol–water partition coefficient (Wildman–Crippen LogP) is 1.70. The summed E-state index contributed by atoms with van der Waals surface area (Å²) in [6.07, 6.45) is 2.20. The summed E-state index contributed by atoms with van der Waals surface area (Å²) in [6.45, 7) is 5.22. The molecular weight excluding hydrogens is 208 g/mol. The van der Waals surface area contributed by atoms with Gasteiger partial charge in [-0.1, -0.05) is 18.3 Å². The molecule has 1 aliphatic heterocycles. The molecule has 0 radical (unpaired) electrons. The molecule has 2 aromatic rings. The van der Waals surface area contributed by atoms with E-state index in [0.29, 0.717) is 6.04 Å². The number of rotatable bonds is 1. The zero-order chi connectivity index (χ0) is 10.4. The van der Waals surface area contributed by atoms with E-state index in [9.17, 15) is 0 Å². The van der Waals surface area contributed by atoms with Crippen LogP contribution in [0.5, 0.6) is 0 Å². The second kappa shape index (κ2) is 3.28. The number of nitrogens with one attached hydrogen (secondary N) is 1. The van der Waals surface area contributed by atoms with Crippen LogP contribution in [0.1, 0.15) is 35.8 Å². The van der Waals surface area contributed by atoms with Crippen molar-refractivity contribution >= 4 is 16.3 Å². The molecule has 0 fully saturated rings. The average Bonchev–Trinajstić information content (AvgIpc) is 2.73. The van der Waals surface area contributed by atoms with Crippen molar-refractivity contribution < 1.29 is 0 Å². The van der Waals surface area contributed by atoms with Crippen molar-refractivity contribution in [2.24, 2.45) is 0 Å². The molecule has 0 saturated heterocycles. The SMILES string of the molecule is CCC1NCCc2c1sc1nc(C)nn21. The molecule has 1 N–H and O–H groups in total. The molecule has 0 amide bonds. The first-order valence-electron chi connectivity index (χ1n) is 5.38. The molecule has 1 unspecified atom stereocenters. The summed E-state index contributed by atoms with van der Waals surface area (Å²) in [4.78, 5) is 6.90. The molecule has 1 aliphatic rings. The minimum atomic E-state index is 0.502. The molecule has 0 spiro atoms. The van der Waals surface area contributed by atoms with Gasteiger partial charge in [-0.25, -0.2) is 9.50 Å². The maximum Gasteiger partial charge on any atom is 0.212 e. The van der Waals surface area contributed by atoms with Crippen LogP contribution in [0, 0.1) is 6.92 Å². The van der Waals surface area contributed by atoms with Crippen LogP contribution in [0.3, 0.4) is 0 Å². The fraction of sp³-hybridized carbons (Fsp3) is 0.600. The zero-order valence-electron chi connectivity index (χ0n) is 8.95. The lowest BCUT2D eigenvalue weighted by Gasteiger charge is -2.21. The lowest BCUT2D eigenvalue weighted by Crippen LogP contribution is -2.29. The van der Waals surface area contributed by atoms with E-state index < -0.39 is 0 Å². The van der Waals surface area contributed by atoms with Crippen LogP contribution in [0.25, 0.3) is 4.96 Å². The van der Waals surface area contributed by atoms with Gasteiger partial charge in [0.2, 0.25) is 4.96 Å². The van der Waals surface area contributed by atoms with Crippen molar-refractivity contribution in [3.8, 4) is 0 Å². The molecule has 5 heteroatoms. The molecule has 0 saturated carbocycles. The van der Waals surface area contributed by atoms with E-state index >= 15 is 0 Å². The molecule has 0 aliphatic carbocycles. The summed E-state index contributed by atoms with van der Waals surface area (Å²) in [5, 5.41) is 7.98. The van der Waals surface area contributed by atoms with E-state index in [-0.39, 0.29) is 0 Å². The van der Waals surface area contributed by atoms with Crippen LogP contribution in [0.2, 0.25) is 0 Å². The summed E-state index contributed by atoms with van der Waals surface area (Å²) in [6, 6.07) is 0.502. The van der Waals surface area contributed by atoms with Gasteiger partial charge in [-0.05, 0) is 13.3 Å². The molecule has 0 aromatic carbocycles. The first-order valence-corrected chi connectivity index (χ1v) is 6.19. The number of nitrogens with zero attached hydrogens (tertiary/aromatic N) is 3. The molecule has 2 aromatic heterocycles. The third-order valence-electron chi connectivity index (χ3n) is 2.90. The van der Waals surface area contributed by atoms with Gasteiger partial charge in [0.25, 0.3) is 0 Å². The van der Waals surface area contributed by atoms with E-state index in [1.165, 1.54) is 10.6 Å².